The molecule has 1 amide bonds. The van der Waals surface area contributed by atoms with E-state index in [1.54, 1.807) is 29.5 Å². The van der Waals surface area contributed by atoms with Gasteiger partial charge in [0, 0.05) is 24.7 Å². The molecule has 4 rings (SSSR count). The van der Waals surface area contributed by atoms with E-state index in [0.29, 0.717) is 17.1 Å². The van der Waals surface area contributed by atoms with Crippen molar-refractivity contribution in [2.45, 2.75) is 31.1 Å². The maximum Gasteiger partial charge on any atom is 0.326 e. The molecule has 6 nitrogen and oxygen atoms in total. The van der Waals surface area contributed by atoms with Gasteiger partial charge in [-0.15, -0.1) is 11.3 Å². The molecule has 1 fully saturated rings. The third kappa shape index (κ3) is 2.43. The zero-order valence-corrected chi connectivity index (χ0v) is 16.4. The molecule has 0 radical (unpaired) electrons. The number of fused-ring (bicyclic) bond motifs is 1. The summed E-state index contributed by atoms with van der Waals surface area (Å²) < 4.78 is 27.0. The van der Waals surface area contributed by atoms with Crippen LogP contribution < -0.4 is 13.9 Å². The summed E-state index contributed by atoms with van der Waals surface area (Å²) in [7, 11) is -0.466. The molecule has 0 bridgehead atoms. The third-order valence-electron chi connectivity index (χ3n) is 5.49. The van der Waals surface area contributed by atoms with Crippen molar-refractivity contribution >= 4 is 44.5 Å². The molecule has 1 aliphatic heterocycles. The molecule has 0 atom stereocenters. The summed E-state index contributed by atoms with van der Waals surface area (Å²) in [4.78, 5) is 14.3. The number of hydrogen-bond donors (Lipinski definition) is 1. The highest BCUT2D eigenvalue weighted by Crippen LogP contribution is 2.45. The molecule has 1 N–H and O–H groups in total. The Kier molecular flexibility index (Phi) is 4.00. The Morgan fingerprint density at radius 3 is 2.46 bits per heavy atom. The Labute approximate surface area is 157 Å². The monoisotopic (exact) mass is 391 g/mol. The van der Waals surface area contributed by atoms with Crippen molar-refractivity contribution in [3.05, 3.63) is 40.6 Å². The number of thiophene rings is 1. The fourth-order valence-corrected chi connectivity index (χ4v) is 6.07. The number of amides is 1. The topological polar surface area (TPSA) is 69.7 Å². The number of nitrogens with one attached hydrogen (secondary N) is 1. The van der Waals surface area contributed by atoms with Crippen LogP contribution in [-0.4, -0.2) is 28.4 Å². The van der Waals surface area contributed by atoms with E-state index in [4.69, 9.17) is 0 Å². The second-order valence-corrected chi connectivity index (χ2v) is 9.81. The largest absolute Gasteiger partial charge is 0.326 e. The van der Waals surface area contributed by atoms with Gasteiger partial charge in [0.1, 0.15) is 0 Å². The number of carbonyl (C=O) groups is 1. The molecule has 0 unspecified atom stereocenters. The maximum absolute atomic E-state index is 13.2. The molecule has 1 aromatic heterocycles. The highest BCUT2D eigenvalue weighted by Gasteiger charge is 2.44. The average molecular weight is 392 g/mol. The Morgan fingerprint density at radius 1 is 1.12 bits per heavy atom. The van der Waals surface area contributed by atoms with Gasteiger partial charge in [-0.3, -0.25) is 13.4 Å². The van der Waals surface area contributed by atoms with Gasteiger partial charge in [0.15, 0.2) is 0 Å². The van der Waals surface area contributed by atoms with E-state index in [9.17, 15) is 13.2 Å². The van der Waals surface area contributed by atoms with Crippen LogP contribution in [0.5, 0.6) is 0 Å². The van der Waals surface area contributed by atoms with Crippen LogP contribution in [0.25, 0.3) is 0 Å². The molecule has 2 aliphatic rings. The van der Waals surface area contributed by atoms with Gasteiger partial charge in [0.05, 0.1) is 16.8 Å². The Balaban J connectivity index is 1.65. The van der Waals surface area contributed by atoms with Gasteiger partial charge in [-0.05, 0) is 42.5 Å². The molecule has 1 aliphatic carbocycles. The zero-order valence-electron chi connectivity index (χ0n) is 14.7. The first kappa shape index (κ1) is 17.4. The zero-order chi connectivity index (χ0) is 18.5. The van der Waals surface area contributed by atoms with E-state index in [1.165, 1.54) is 22.7 Å². The molecule has 0 spiro atoms. The maximum atomic E-state index is 13.2. The van der Waals surface area contributed by atoms with Gasteiger partial charge in [0.2, 0.25) is 5.91 Å². The van der Waals surface area contributed by atoms with Crippen molar-refractivity contribution in [2.24, 2.45) is 0 Å². The molecule has 2 aromatic rings. The molecule has 8 heteroatoms. The lowest BCUT2D eigenvalue weighted by Crippen LogP contribution is -2.37. The highest BCUT2D eigenvalue weighted by atomic mass is 32.2. The summed E-state index contributed by atoms with van der Waals surface area (Å²) in [6.45, 7) is 0. The van der Waals surface area contributed by atoms with E-state index in [1.807, 2.05) is 17.5 Å². The number of rotatable bonds is 3. The molecule has 138 valence electrons. The van der Waals surface area contributed by atoms with E-state index in [0.717, 1.165) is 30.6 Å². The second-order valence-electron chi connectivity index (χ2n) is 6.87. The first-order valence-electron chi connectivity index (χ1n) is 8.58. The SMILES string of the molecule is CN1c2ccc(NC(=O)C3(c4cccs4)CCCC3)cc2N(C)S1(=O)=O. The van der Waals surface area contributed by atoms with Crippen molar-refractivity contribution in [3.8, 4) is 0 Å². The van der Waals surface area contributed by atoms with E-state index < -0.39 is 15.6 Å². The summed E-state index contributed by atoms with van der Waals surface area (Å²) in [5.41, 5.74) is 1.33. The first-order chi connectivity index (χ1) is 12.4. The van der Waals surface area contributed by atoms with Crippen LogP contribution in [0.4, 0.5) is 17.1 Å². The van der Waals surface area contributed by atoms with Gasteiger partial charge in [0.25, 0.3) is 0 Å². The van der Waals surface area contributed by atoms with Gasteiger partial charge in [-0.1, -0.05) is 18.9 Å². The lowest BCUT2D eigenvalue weighted by Gasteiger charge is -2.26. The summed E-state index contributed by atoms with van der Waals surface area (Å²) in [6.07, 6.45) is 3.78. The van der Waals surface area contributed by atoms with E-state index in [2.05, 4.69) is 5.32 Å². The molecule has 2 heterocycles. The Hall–Kier alpha value is -2.06. The van der Waals surface area contributed by atoms with Crippen molar-refractivity contribution < 1.29 is 13.2 Å². The number of carbonyl (C=O) groups excluding carboxylic acids is 1. The van der Waals surface area contributed by atoms with Crippen molar-refractivity contribution in [1.29, 1.82) is 0 Å². The second kappa shape index (κ2) is 5.99. The van der Waals surface area contributed by atoms with Gasteiger partial charge < -0.3 is 5.32 Å². The predicted molar refractivity (Wildman–Crippen MR) is 105 cm³/mol. The lowest BCUT2D eigenvalue weighted by atomic mass is 9.83. The van der Waals surface area contributed by atoms with Crippen LogP contribution in [0.15, 0.2) is 35.7 Å². The number of benzene rings is 1. The normalized spacial score (nSPS) is 20.2. The number of anilines is 3. The summed E-state index contributed by atoms with van der Waals surface area (Å²) in [5, 5.41) is 5.04. The van der Waals surface area contributed by atoms with Crippen LogP contribution >= 0.6 is 11.3 Å². The minimum Gasteiger partial charge on any atom is -0.325 e. The average Bonchev–Trinajstić information content (AvgIpc) is 3.34. The quantitative estimate of drug-likeness (QED) is 0.872. The molecule has 1 saturated carbocycles. The molecule has 26 heavy (non-hydrogen) atoms. The van der Waals surface area contributed by atoms with Gasteiger partial charge in [-0.2, -0.15) is 8.42 Å². The van der Waals surface area contributed by atoms with Crippen molar-refractivity contribution in [1.82, 2.24) is 0 Å². The third-order valence-corrected chi connectivity index (χ3v) is 8.34. The van der Waals surface area contributed by atoms with Crippen LogP contribution in [-0.2, 0) is 20.4 Å². The number of hydrogen-bond acceptors (Lipinski definition) is 4. The summed E-state index contributed by atoms with van der Waals surface area (Å²) in [5.74, 6) is -0.00531. The molecular formula is C18H21N3O3S2. The summed E-state index contributed by atoms with van der Waals surface area (Å²) >= 11 is 1.62. The van der Waals surface area contributed by atoms with Crippen LogP contribution in [0, 0.1) is 0 Å². The molecular weight excluding hydrogens is 370 g/mol. The fourth-order valence-electron chi connectivity index (χ4n) is 3.92. The smallest absolute Gasteiger partial charge is 0.325 e. The van der Waals surface area contributed by atoms with E-state index >= 15 is 0 Å². The minimum atomic E-state index is -3.52. The van der Waals surface area contributed by atoms with Crippen molar-refractivity contribution in [3.63, 3.8) is 0 Å². The minimum absolute atomic E-state index is 0.00531. The van der Waals surface area contributed by atoms with Crippen LogP contribution in [0.1, 0.15) is 30.6 Å². The summed E-state index contributed by atoms with van der Waals surface area (Å²) in [6, 6.07) is 9.24. The predicted octanol–water partition coefficient (Wildman–Crippen LogP) is 3.33. The van der Waals surface area contributed by atoms with Gasteiger partial charge in [-0.25, -0.2) is 0 Å². The van der Waals surface area contributed by atoms with Crippen molar-refractivity contribution in [2.75, 3.05) is 28.0 Å². The molecule has 0 saturated heterocycles. The van der Waals surface area contributed by atoms with E-state index in [-0.39, 0.29) is 5.91 Å². The first-order valence-corrected chi connectivity index (χ1v) is 10.9. The number of nitrogens with zero attached hydrogens (tertiary/aromatic N) is 2. The van der Waals surface area contributed by atoms with Crippen LogP contribution in [0.3, 0.4) is 0 Å². The van der Waals surface area contributed by atoms with Crippen LogP contribution in [0.2, 0.25) is 0 Å². The Bertz CT molecular complexity index is 948. The fraction of sp³-hybridized carbons (Fsp3) is 0.389. The van der Waals surface area contributed by atoms with Gasteiger partial charge >= 0.3 is 10.2 Å². The molecule has 1 aromatic carbocycles. The highest BCUT2D eigenvalue weighted by molar-refractivity contribution is 7.94. The standard InChI is InChI=1S/C18H21N3O3S2/c1-20-14-8-7-13(12-15(14)21(2)26(20,23)24)19-17(22)18(9-3-4-10-18)16-6-5-11-25-16/h5-8,11-12H,3-4,9-10H2,1-2H3,(H,19,22). The lowest BCUT2D eigenvalue weighted by molar-refractivity contribution is -0.121. The Morgan fingerprint density at radius 2 is 1.81 bits per heavy atom.